The molecule has 1 aliphatic heterocycles. The first-order valence-corrected chi connectivity index (χ1v) is 9.29. The molecule has 1 fully saturated rings. The zero-order chi connectivity index (χ0) is 21.6. The SMILES string of the molecule is C[C@@H](OC(C)(C)C)[C@@H](NC(=O)OCc1ccccc1)C(=O)ON1C(=O)CCC1=O. The molecule has 29 heavy (non-hydrogen) atoms. The van der Waals surface area contributed by atoms with Crippen molar-refractivity contribution in [3.05, 3.63) is 35.9 Å². The summed E-state index contributed by atoms with van der Waals surface area (Å²) in [6.07, 6.45) is -1.74. The number of carbonyl (C=O) groups is 4. The van der Waals surface area contributed by atoms with E-state index in [2.05, 4.69) is 5.32 Å². The van der Waals surface area contributed by atoms with E-state index in [1.54, 1.807) is 52.0 Å². The van der Waals surface area contributed by atoms with E-state index in [0.717, 1.165) is 5.56 Å². The third-order valence-electron chi connectivity index (χ3n) is 3.94. The number of hydrogen-bond acceptors (Lipinski definition) is 7. The fraction of sp³-hybridized carbons (Fsp3) is 0.500. The van der Waals surface area contributed by atoms with Crippen molar-refractivity contribution >= 4 is 23.9 Å². The molecule has 1 N–H and O–H groups in total. The number of ether oxygens (including phenoxy) is 2. The second-order valence-corrected chi connectivity index (χ2v) is 7.61. The lowest BCUT2D eigenvalue weighted by atomic mass is 10.1. The lowest BCUT2D eigenvalue weighted by Crippen LogP contribution is -2.53. The average molecular weight is 406 g/mol. The molecule has 9 nitrogen and oxygen atoms in total. The van der Waals surface area contributed by atoms with Gasteiger partial charge < -0.3 is 19.6 Å². The molecule has 1 saturated heterocycles. The van der Waals surface area contributed by atoms with Crippen LogP contribution in [0.15, 0.2) is 30.3 Å². The van der Waals surface area contributed by atoms with Crippen LogP contribution in [0.3, 0.4) is 0 Å². The van der Waals surface area contributed by atoms with Crippen LogP contribution in [0, 0.1) is 0 Å². The van der Waals surface area contributed by atoms with E-state index >= 15 is 0 Å². The van der Waals surface area contributed by atoms with Crippen molar-refractivity contribution in [2.24, 2.45) is 0 Å². The molecule has 0 aliphatic carbocycles. The number of carbonyl (C=O) groups excluding carboxylic acids is 4. The zero-order valence-corrected chi connectivity index (χ0v) is 17.0. The van der Waals surface area contributed by atoms with Crippen molar-refractivity contribution in [1.82, 2.24) is 10.4 Å². The van der Waals surface area contributed by atoms with Crippen molar-refractivity contribution in [2.75, 3.05) is 0 Å². The summed E-state index contributed by atoms with van der Waals surface area (Å²) in [5.41, 5.74) is 0.154. The molecule has 3 amide bonds. The third-order valence-corrected chi connectivity index (χ3v) is 3.94. The highest BCUT2D eigenvalue weighted by Gasteiger charge is 2.38. The summed E-state index contributed by atoms with van der Waals surface area (Å²) in [6.45, 7) is 6.93. The minimum Gasteiger partial charge on any atom is -0.445 e. The molecular formula is C20H26N2O7. The van der Waals surface area contributed by atoms with Crippen LogP contribution in [-0.4, -0.2) is 46.7 Å². The summed E-state index contributed by atoms with van der Waals surface area (Å²) in [4.78, 5) is 53.2. The fourth-order valence-electron chi connectivity index (χ4n) is 2.69. The highest BCUT2D eigenvalue weighted by Crippen LogP contribution is 2.17. The number of amides is 3. The normalized spacial score (nSPS) is 16.3. The predicted octanol–water partition coefficient (Wildman–Crippen LogP) is 2.09. The maximum atomic E-state index is 12.6. The van der Waals surface area contributed by atoms with Gasteiger partial charge in [0.15, 0.2) is 6.04 Å². The minimum absolute atomic E-state index is 0.00600. The molecule has 1 aliphatic rings. The summed E-state index contributed by atoms with van der Waals surface area (Å²) < 4.78 is 10.9. The Labute approximate surface area is 169 Å². The minimum atomic E-state index is -1.29. The number of hydrogen-bond donors (Lipinski definition) is 1. The molecule has 1 aromatic carbocycles. The smallest absolute Gasteiger partial charge is 0.408 e. The summed E-state index contributed by atoms with van der Waals surface area (Å²) >= 11 is 0. The lowest BCUT2D eigenvalue weighted by molar-refractivity contribution is -0.202. The van der Waals surface area contributed by atoms with E-state index in [0.29, 0.717) is 5.06 Å². The van der Waals surface area contributed by atoms with E-state index in [1.807, 2.05) is 6.07 Å². The summed E-state index contributed by atoms with van der Waals surface area (Å²) in [5, 5.41) is 2.83. The standard InChI is InChI=1S/C20H26N2O7/c1-13(28-20(2,3)4)17(18(25)29-22-15(23)10-11-16(22)24)21-19(26)27-12-14-8-6-5-7-9-14/h5-9,13,17H,10-12H2,1-4H3,(H,21,26)/t13-,17-/m1/s1. The number of alkyl carbamates (subject to hydrolysis) is 1. The molecule has 2 atom stereocenters. The fourth-order valence-corrected chi connectivity index (χ4v) is 2.69. The Morgan fingerprint density at radius 3 is 2.24 bits per heavy atom. The Kier molecular flexibility index (Phi) is 7.33. The Morgan fingerprint density at radius 2 is 1.69 bits per heavy atom. The zero-order valence-electron chi connectivity index (χ0n) is 17.0. The van der Waals surface area contributed by atoms with Crippen molar-refractivity contribution < 1.29 is 33.5 Å². The maximum absolute atomic E-state index is 12.6. The lowest BCUT2D eigenvalue weighted by Gasteiger charge is -2.30. The monoisotopic (exact) mass is 406 g/mol. The van der Waals surface area contributed by atoms with Gasteiger partial charge in [0.25, 0.3) is 11.8 Å². The van der Waals surface area contributed by atoms with Gasteiger partial charge in [-0.05, 0) is 33.3 Å². The first-order valence-electron chi connectivity index (χ1n) is 9.29. The van der Waals surface area contributed by atoms with Crippen LogP contribution < -0.4 is 5.32 Å². The van der Waals surface area contributed by atoms with Crippen LogP contribution in [0.25, 0.3) is 0 Å². The first-order chi connectivity index (χ1) is 13.6. The van der Waals surface area contributed by atoms with Gasteiger partial charge in [-0.2, -0.15) is 0 Å². The number of imide groups is 1. The highest BCUT2D eigenvalue weighted by molar-refractivity contribution is 6.01. The van der Waals surface area contributed by atoms with E-state index in [4.69, 9.17) is 14.3 Å². The van der Waals surface area contributed by atoms with Gasteiger partial charge in [-0.25, -0.2) is 9.59 Å². The predicted molar refractivity (Wildman–Crippen MR) is 101 cm³/mol. The molecule has 0 spiro atoms. The van der Waals surface area contributed by atoms with Gasteiger partial charge in [-0.1, -0.05) is 30.3 Å². The molecule has 158 valence electrons. The number of rotatable bonds is 7. The number of nitrogens with one attached hydrogen (secondary N) is 1. The molecule has 0 bridgehead atoms. The van der Waals surface area contributed by atoms with Gasteiger partial charge in [-0.3, -0.25) is 9.59 Å². The topological polar surface area (TPSA) is 111 Å². The maximum Gasteiger partial charge on any atom is 0.408 e. The average Bonchev–Trinajstić information content (AvgIpc) is 2.95. The molecule has 2 rings (SSSR count). The van der Waals surface area contributed by atoms with Gasteiger partial charge in [-0.15, -0.1) is 5.06 Å². The van der Waals surface area contributed by atoms with Crippen LogP contribution in [0.4, 0.5) is 4.79 Å². The third kappa shape index (κ3) is 6.86. The van der Waals surface area contributed by atoms with Crippen molar-refractivity contribution in [3.8, 4) is 0 Å². The summed E-state index contributed by atoms with van der Waals surface area (Å²) in [6, 6.07) is 7.73. The second-order valence-electron chi connectivity index (χ2n) is 7.61. The van der Waals surface area contributed by atoms with E-state index < -0.39 is 41.6 Å². The molecule has 1 heterocycles. The Balaban J connectivity index is 2.05. The molecule has 0 saturated carbocycles. The van der Waals surface area contributed by atoms with E-state index in [9.17, 15) is 19.2 Å². The molecule has 0 aromatic heterocycles. The van der Waals surface area contributed by atoms with Crippen LogP contribution >= 0.6 is 0 Å². The molecular weight excluding hydrogens is 380 g/mol. The quantitative estimate of drug-likeness (QED) is 0.690. The highest BCUT2D eigenvalue weighted by atomic mass is 16.7. The summed E-state index contributed by atoms with van der Waals surface area (Å²) in [5.74, 6) is -2.22. The Bertz CT molecular complexity index is 742. The molecule has 0 unspecified atom stereocenters. The van der Waals surface area contributed by atoms with E-state index in [-0.39, 0.29) is 19.4 Å². The van der Waals surface area contributed by atoms with Gasteiger partial charge in [0.2, 0.25) is 0 Å². The van der Waals surface area contributed by atoms with Crippen LogP contribution in [0.2, 0.25) is 0 Å². The molecule has 9 heteroatoms. The largest absolute Gasteiger partial charge is 0.445 e. The first kappa shape index (κ1) is 22.4. The van der Waals surface area contributed by atoms with Gasteiger partial charge >= 0.3 is 12.1 Å². The Morgan fingerprint density at radius 1 is 1.10 bits per heavy atom. The van der Waals surface area contributed by atoms with Crippen LogP contribution in [-0.2, 0) is 35.3 Å². The van der Waals surface area contributed by atoms with E-state index in [1.165, 1.54) is 0 Å². The van der Waals surface area contributed by atoms with Crippen LogP contribution in [0.1, 0.15) is 46.1 Å². The second kappa shape index (κ2) is 9.51. The van der Waals surface area contributed by atoms with Crippen molar-refractivity contribution in [2.45, 2.75) is 64.9 Å². The van der Waals surface area contributed by atoms with Crippen molar-refractivity contribution in [1.29, 1.82) is 0 Å². The van der Waals surface area contributed by atoms with Gasteiger partial charge in [0.05, 0.1) is 11.7 Å². The Hall–Kier alpha value is -2.94. The van der Waals surface area contributed by atoms with Gasteiger partial charge in [0, 0.05) is 12.8 Å². The van der Waals surface area contributed by atoms with Gasteiger partial charge in [0.1, 0.15) is 6.61 Å². The number of hydroxylamine groups is 2. The number of benzene rings is 1. The molecule has 1 aromatic rings. The summed E-state index contributed by atoms with van der Waals surface area (Å²) in [7, 11) is 0. The van der Waals surface area contributed by atoms with Crippen LogP contribution in [0.5, 0.6) is 0 Å². The van der Waals surface area contributed by atoms with Crippen molar-refractivity contribution in [3.63, 3.8) is 0 Å². The number of nitrogens with zero attached hydrogens (tertiary/aromatic N) is 1. The molecule has 0 radical (unpaired) electrons.